The lowest BCUT2D eigenvalue weighted by Crippen LogP contribution is -2.27. The maximum Gasteiger partial charge on any atom is 0.266 e. The minimum atomic E-state index is -0.0403. The summed E-state index contributed by atoms with van der Waals surface area (Å²) in [6.07, 6.45) is 7.89. The molecule has 0 radical (unpaired) electrons. The van der Waals surface area contributed by atoms with Crippen LogP contribution in [0.3, 0.4) is 0 Å². The van der Waals surface area contributed by atoms with Crippen LogP contribution >= 0.6 is 24.0 Å². The highest BCUT2D eigenvalue weighted by Crippen LogP contribution is 2.46. The summed E-state index contributed by atoms with van der Waals surface area (Å²) in [7, 11) is 2.10. The van der Waals surface area contributed by atoms with E-state index in [1.54, 1.807) is 4.90 Å². The first kappa shape index (κ1) is 18.0. The molecule has 3 rings (SSSR count). The molecule has 0 saturated carbocycles. The zero-order valence-corrected chi connectivity index (χ0v) is 16.6. The van der Waals surface area contributed by atoms with Crippen LogP contribution < -0.4 is 4.90 Å². The molecule has 3 nitrogen and oxygen atoms in total. The van der Waals surface area contributed by atoms with Crippen molar-refractivity contribution >= 4 is 39.9 Å². The highest BCUT2D eigenvalue weighted by molar-refractivity contribution is 8.26. The summed E-state index contributed by atoms with van der Waals surface area (Å²) in [4.78, 5) is 16.7. The van der Waals surface area contributed by atoms with Gasteiger partial charge in [-0.05, 0) is 30.7 Å². The van der Waals surface area contributed by atoms with Gasteiger partial charge in [-0.3, -0.25) is 9.69 Å². The van der Waals surface area contributed by atoms with E-state index in [4.69, 9.17) is 12.2 Å². The van der Waals surface area contributed by atoms with Crippen molar-refractivity contribution in [2.45, 2.75) is 26.2 Å². The number of carbonyl (C=O) groups excluding carboxylic acids is 1. The van der Waals surface area contributed by atoms with E-state index >= 15 is 0 Å². The van der Waals surface area contributed by atoms with Gasteiger partial charge in [0.2, 0.25) is 0 Å². The molecule has 0 bridgehead atoms. The Morgan fingerprint density at radius 1 is 1.20 bits per heavy atom. The number of thioether (sulfide) groups is 1. The fourth-order valence-electron chi connectivity index (χ4n) is 3.38. The molecule has 1 aromatic rings. The van der Waals surface area contributed by atoms with Gasteiger partial charge in [0.15, 0.2) is 0 Å². The van der Waals surface area contributed by atoms with Crippen molar-refractivity contribution in [3.8, 4) is 0 Å². The molecular weight excluding hydrogens is 348 g/mol. The van der Waals surface area contributed by atoms with Gasteiger partial charge in [0, 0.05) is 30.4 Å². The van der Waals surface area contributed by atoms with Gasteiger partial charge in [-0.1, -0.05) is 68.2 Å². The van der Waals surface area contributed by atoms with Gasteiger partial charge >= 0.3 is 0 Å². The number of para-hydroxylation sites is 1. The maximum atomic E-state index is 12.2. The van der Waals surface area contributed by atoms with Crippen molar-refractivity contribution in [3.63, 3.8) is 0 Å². The average molecular weight is 371 g/mol. The number of rotatable bonds is 3. The van der Waals surface area contributed by atoms with E-state index in [2.05, 4.69) is 56.1 Å². The molecule has 2 aliphatic heterocycles. The number of thiocarbonyl (C=S) groups is 1. The lowest BCUT2D eigenvalue weighted by Gasteiger charge is -2.23. The van der Waals surface area contributed by atoms with Crippen LogP contribution in [-0.4, -0.2) is 28.7 Å². The molecule has 1 aromatic carbocycles. The Morgan fingerprint density at radius 3 is 2.52 bits per heavy atom. The van der Waals surface area contributed by atoms with Gasteiger partial charge in [0.25, 0.3) is 5.91 Å². The number of likely N-dealkylation sites (N-methyl/N-ethyl adjacent to an activating group) is 2. The summed E-state index contributed by atoms with van der Waals surface area (Å²) >= 11 is 6.60. The standard InChI is InChI=1S/C20H22N2OS2/c1-5-22-18(23)16(25-19(22)24)12-8-9-13-17-20(2,3)14-10-6-7-11-15(14)21(17)4/h6-13H,5H2,1-4H3. The number of benzene rings is 1. The van der Waals surface area contributed by atoms with Crippen LogP contribution in [0, 0.1) is 0 Å². The first-order chi connectivity index (χ1) is 11.9. The predicted molar refractivity (Wildman–Crippen MR) is 111 cm³/mol. The number of nitrogens with zero attached hydrogens (tertiary/aromatic N) is 2. The zero-order chi connectivity index (χ0) is 18.2. The number of hydrogen-bond acceptors (Lipinski definition) is 4. The second kappa shape index (κ2) is 6.81. The third-order valence-electron chi connectivity index (χ3n) is 4.74. The Labute approximate surface area is 159 Å². The lowest BCUT2D eigenvalue weighted by molar-refractivity contribution is -0.122. The van der Waals surface area contributed by atoms with Crippen LogP contribution in [0.1, 0.15) is 26.3 Å². The molecule has 2 heterocycles. The van der Waals surface area contributed by atoms with Crippen LogP contribution in [0.4, 0.5) is 5.69 Å². The van der Waals surface area contributed by atoms with E-state index in [-0.39, 0.29) is 11.3 Å². The molecule has 0 spiro atoms. The van der Waals surface area contributed by atoms with Gasteiger partial charge in [0.1, 0.15) is 4.32 Å². The molecule has 1 saturated heterocycles. The molecule has 2 aliphatic rings. The van der Waals surface area contributed by atoms with Gasteiger partial charge < -0.3 is 4.90 Å². The minimum absolute atomic E-state index is 0.000484. The molecular formula is C20H22N2OS2. The van der Waals surface area contributed by atoms with Crippen molar-refractivity contribution in [1.29, 1.82) is 0 Å². The number of anilines is 1. The molecule has 1 fully saturated rings. The normalized spacial score (nSPS) is 22.7. The van der Waals surface area contributed by atoms with E-state index in [1.807, 2.05) is 25.2 Å². The van der Waals surface area contributed by atoms with Crippen LogP contribution in [0.25, 0.3) is 0 Å². The Kier molecular flexibility index (Phi) is 4.89. The Bertz CT molecular complexity index is 821. The van der Waals surface area contributed by atoms with Gasteiger partial charge in [-0.25, -0.2) is 0 Å². The fourth-order valence-corrected chi connectivity index (χ4v) is 4.71. The first-order valence-electron chi connectivity index (χ1n) is 8.34. The molecule has 25 heavy (non-hydrogen) atoms. The molecule has 0 aliphatic carbocycles. The van der Waals surface area contributed by atoms with E-state index < -0.39 is 0 Å². The van der Waals surface area contributed by atoms with Crippen molar-refractivity contribution in [1.82, 2.24) is 4.90 Å². The topological polar surface area (TPSA) is 23.6 Å². The maximum absolute atomic E-state index is 12.2. The van der Waals surface area contributed by atoms with Crippen molar-refractivity contribution in [2.24, 2.45) is 0 Å². The molecule has 0 aromatic heterocycles. The SMILES string of the molecule is CCN1C(=O)C(=CC=CC=C2N(C)c3ccccc3C2(C)C)SC1=S. The minimum Gasteiger partial charge on any atom is -0.347 e. The van der Waals surface area contributed by atoms with E-state index in [0.717, 1.165) is 0 Å². The quantitative estimate of drug-likeness (QED) is 0.572. The number of carbonyl (C=O) groups is 1. The van der Waals surface area contributed by atoms with E-state index in [0.29, 0.717) is 15.8 Å². The second-order valence-corrected chi connectivity index (χ2v) is 8.26. The van der Waals surface area contributed by atoms with Gasteiger partial charge in [0.05, 0.1) is 4.91 Å². The molecule has 130 valence electrons. The highest BCUT2D eigenvalue weighted by Gasteiger charge is 2.37. The van der Waals surface area contributed by atoms with Crippen molar-refractivity contribution in [3.05, 3.63) is 64.7 Å². The summed E-state index contributed by atoms with van der Waals surface area (Å²) in [5.41, 5.74) is 3.78. The smallest absolute Gasteiger partial charge is 0.266 e. The van der Waals surface area contributed by atoms with Crippen LogP contribution in [-0.2, 0) is 10.2 Å². The predicted octanol–water partition coefficient (Wildman–Crippen LogP) is 4.62. The molecule has 0 atom stereocenters. The third-order valence-corrected chi connectivity index (χ3v) is 6.14. The Hall–Kier alpha value is -1.85. The van der Waals surface area contributed by atoms with Gasteiger partial charge in [-0.15, -0.1) is 0 Å². The number of allylic oxidation sites excluding steroid dienone is 5. The Balaban J connectivity index is 1.81. The zero-order valence-electron chi connectivity index (χ0n) is 14.9. The average Bonchev–Trinajstić information content (AvgIpc) is 2.96. The second-order valence-electron chi connectivity index (χ2n) is 6.59. The number of fused-ring (bicyclic) bond motifs is 1. The van der Waals surface area contributed by atoms with Crippen LogP contribution in [0.15, 0.2) is 59.2 Å². The van der Waals surface area contributed by atoms with E-state index in [9.17, 15) is 4.79 Å². The lowest BCUT2D eigenvalue weighted by atomic mass is 9.84. The molecule has 0 unspecified atom stereocenters. The summed E-state index contributed by atoms with van der Waals surface area (Å²) in [6, 6.07) is 8.49. The molecule has 0 N–H and O–H groups in total. The first-order valence-corrected chi connectivity index (χ1v) is 9.56. The summed E-state index contributed by atoms with van der Waals surface area (Å²) in [5.74, 6) is 0.000484. The summed E-state index contributed by atoms with van der Waals surface area (Å²) in [6.45, 7) is 7.03. The highest BCUT2D eigenvalue weighted by atomic mass is 32.2. The molecule has 5 heteroatoms. The van der Waals surface area contributed by atoms with Gasteiger partial charge in [-0.2, -0.15) is 0 Å². The largest absolute Gasteiger partial charge is 0.347 e. The Morgan fingerprint density at radius 2 is 1.88 bits per heavy atom. The summed E-state index contributed by atoms with van der Waals surface area (Å²) < 4.78 is 0.637. The summed E-state index contributed by atoms with van der Waals surface area (Å²) in [5, 5.41) is 0. The number of hydrogen-bond donors (Lipinski definition) is 0. The fraction of sp³-hybridized carbons (Fsp3) is 0.300. The van der Waals surface area contributed by atoms with Crippen LogP contribution in [0.5, 0.6) is 0 Å². The molecule has 1 amide bonds. The monoisotopic (exact) mass is 370 g/mol. The van der Waals surface area contributed by atoms with Crippen LogP contribution in [0.2, 0.25) is 0 Å². The number of amides is 1. The van der Waals surface area contributed by atoms with Crippen molar-refractivity contribution < 1.29 is 4.79 Å². The van der Waals surface area contributed by atoms with E-state index in [1.165, 1.54) is 28.7 Å². The van der Waals surface area contributed by atoms with Crippen molar-refractivity contribution in [2.75, 3.05) is 18.5 Å². The third kappa shape index (κ3) is 3.07.